The topological polar surface area (TPSA) is 52.7 Å². The predicted molar refractivity (Wildman–Crippen MR) is 89.0 cm³/mol. The number of benzene rings is 1. The average Bonchev–Trinajstić information content (AvgIpc) is 2.98. The minimum absolute atomic E-state index is 0.00551. The Morgan fingerprint density at radius 2 is 1.92 bits per heavy atom. The molecule has 0 saturated carbocycles. The van der Waals surface area contributed by atoms with Crippen molar-refractivity contribution in [1.29, 1.82) is 0 Å². The quantitative estimate of drug-likeness (QED) is 0.903. The van der Waals surface area contributed by atoms with E-state index in [1.807, 2.05) is 6.07 Å². The van der Waals surface area contributed by atoms with Crippen molar-refractivity contribution in [2.45, 2.75) is 31.7 Å². The molecule has 1 aromatic rings. The zero-order valence-corrected chi connectivity index (χ0v) is 14.2. The highest BCUT2D eigenvalue weighted by molar-refractivity contribution is 5.80. The van der Waals surface area contributed by atoms with E-state index in [2.05, 4.69) is 5.32 Å². The molecule has 0 bridgehead atoms. The molecule has 1 aliphatic heterocycles. The van der Waals surface area contributed by atoms with Gasteiger partial charge in [-0.15, -0.1) is 0 Å². The Labute approximate surface area is 141 Å². The van der Waals surface area contributed by atoms with E-state index in [0.29, 0.717) is 32.4 Å². The second kappa shape index (κ2) is 6.79. The van der Waals surface area contributed by atoms with Gasteiger partial charge >= 0.3 is 6.03 Å². The third kappa shape index (κ3) is 3.23. The fraction of sp³-hybridized carbons (Fsp3) is 0.556. The molecule has 2 aliphatic rings. The van der Waals surface area contributed by atoms with Crippen LogP contribution in [0.2, 0.25) is 0 Å². The Hall–Kier alpha value is -2.11. The molecular formula is C18H24FN3O2. The number of nitrogens with one attached hydrogen (secondary N) is 1. The molecule has 1 N–H and O–H groups in total. The highest BCUT2D eigenvalue weighted by Gasteiger charge is 2.31. The van der Waals surface area contributed by atoms with E-state index in [9.17, 15) is 14.0 Å². The summed E-state index contributed by atoms with van der Waals surface area (Å²) in [6.07, 6.45) is 2.77. The summed E-state index contributed by atoms with van der Waals surface area (Å²) >= 11 is 0. The van der Waals surface area contributed by atoms with Crippen molar-refractivity contribution < 1.29 is 14.0 Å². The second-order valence-electron chi connectivity index (χ2n) is 6.85. The van der Waals surface area contributed by atoms with Crippen molar-refractivity contribution in [3.8, 4) is 0 Å². The molecule has 1 aromatic carbocycles. The first-order valence-electron chi connectivity index (χ1n) is 8.51. The van der Waals surface area contributed by atoms with Gasteiger partial charge in [-0.25, -0.2) is 9.18 Å². The smallest absolute Gasteiger partial charge is 0.319 e. The monoisotopic (exact) mass is 333 g/mol. The molecule has 1 heterocycles. The van der Waals surface area contributed by atoms with Crippen LogP contribution in [-0.4, -0.2) is 48.9 Å². The molecule has 130 valence electrons. The molecule has 1 saturated heterocycles. The molecule has 6 heteroatoms. The van der Waals surface area contributed by atoms with Crippen LogP contribution in [0.4, 0.5) is 9.18 Å². The van der Waals surface area contributed by atoms with Gasteiger partial charge in [0.1, 0.15) is 5.82 Å². The van der Waals surface area contributed by atoms with Gasteiger partial charge in [-0.2, -0.15) is 0 Å². The Kier molecular flexibility index (Phi) is 4.73. The number of nitrogens with zero attached hydrogens (tertiary/aromatic N) is 2. The van der Waals surface area contributed by atoms with Crippen LogP contribution in [0.5, 0.6) is 0 Å². The maximum atomic E-state index is 13.8. The lowest BCUT2D eigenvalue weighted by Gasteiger charge is -2.33. The fourth-order valence-electron chi connectivity index (χ4n) is 3.67. The third-order valence-electron chi connectivity index (χ3n) is 5.05. The van der Waals surface area contributed by atoms with Crippen molar-refractivity contribution in [1.82, 2.24) is 15.1 Å². The molecule has 0 radical (unpaired) electrons. The summed E-state index contributed by atoms with van der Waals surface area (Å²) in [5.41, 5.74) is 1.64. The van der Waals surface area contributed by atoms with Crippen LogP contribution in [-0.2, 0) is 11.2 Å². The molecule has 1 unspecified atom stereocenters. The van der Waals surface area contributed by atoms with Crippen molar-refractivity contribution in [2.75, 3.05) is 27.2 Å². The van der Waals surface area contributed by atoms with E-state index in [1.165, 1.54) is 6.07 Å². The number of carbonyl (C=O) groups is 2. The minimum atomic E-state index is -0.181. The number of halogens is 1. The number of fused-ring (bicyclic) bond motifs is 1. The van der Waals surface area contributed by atoms with E-state index < -0.39 is 0 Å². The summed E-state index contributed by atoms with van der Waals surface area (Å²) in [5, 5.41) is 3.08. The first kappa shape index (κ1) is 16.7. The first-order chi connectivity index (χ1) is 11.5. The van der Waals surface area contributed by atoms with Gasteiger partial charge in [0.2, 0.25) is 5.91 Å². The number of rotatable bonds is 2. The van der Waals surface area contributed by atoms with Gasteiger partial charge in [-0.05, 0) is 42.9 Å². The summed E-state index contributed by atoms with van der Waals surface area (Å²) in [6, 6.07) is 4.97. The molecule has 3 rings (SSSR count). The van der Waals surface area contributed by atoms with E-state index in [1.54, 1.807) is 30.0 Å². The molecule has 0 spiro atoms. The summed E-state index contributed by atoms with van der Waals surface area (Å²) in [7, 11) is 3.47. The van der Waals surface area contributed by atoms with Gasteiger partial charge in [-0.3, -0.25) is 4.79 Å². The normalized spacial score (nSPS) is 20.6. The van der Waals surface area contributed by atoms with Gasteiger partial charge in [-0.1, -0.05) is 12.1 Å². The van der Waals surface area contributed by atoms with Crippen molar-refractivity contribution in [2.24, 2.45) is 5.92 Å². The molecule has 1 fully saturated rings. The average molecular weight is 333 g/mol. The first-order valence-corrected chi connectivity index (χ1v) is 8.51. The van der Waals surface area contributed by atoms with Crippen molar-refractivity contribution >= 4 is 11.9 Å². The summed E-state index contributed by atoms with van der Waals surface area (Å²) in [5.74, 6) is -0.234. The zero-order valence-electron chi connectivity index (χ0n) is 14.2. The maximum absolute atomic E-state index is 13.8. The Bertz CT molecular complexity index is 639. The van der Waals surface area contributed by atoms with Crippen LogP contribution in [0.3, 0.4) is 0 Å². The Balaban J connectivity index is 1.56. The minimum Gasteiger partial charge on any atom is -0.349 e. The van der Waals surface area contributed by atoms with Gasteiger partial charge < -0.3 is 15.1 Å². The zero-order chi connectivity index (χ0) is 17.3. The fourth-order valence-corrected chi connectivity index (χ4v) is 3.67. The third-order valence-corrected chi connectivity index (χ3v) is 5.05. The lowest BCUT2D eigenvalue weighted by atomic mass is 9.95. The van der Waals surface area contributed by atoms with Crippen LogP contribution in [0, 0.1) is 11.7 Å². The highest BCUT2D eigenvalue weighted by atomic mass is 19.1. The summed E-state index contributed by atoms with van der Waals surface area (Å²) in [6.45, 7) is 1.20. The Morgan fingerprint density at radius 3 is 2.58 bits per heavy atom. The van der Waals surface area contributed by atoms with E-state index in [4.69, 9.17) is 0 Å². The van der Waals surface area contributed by atoms with Crippen LogP contribution < -0.4 is 5.32 Å². The SMILES string of the molecule is CN(C)C(=O)N1CCC(C(=O)NC2CCc3c(F)cccc32)CC1. The van der Waals surface area contributed by atoms with Crippen LogP contribution in [0.25, 0.3) is 0 Å². The van der Waals surface area contributed by atoms with E-state index in [-0.39, 0.29) is 29.7 Å². The number of likely N-dealkylation sites (tertiary alicyclic amines) is 1. The molecule has 24 heavy (non-hydrogen) atoms. The number of urea groups is 1. The highest BCUT2D eigenvalue weighted by Crippen LogP contribution is 2.33. The van der Waals surface area contributed by atoms with Crippen LogP contribution in [0.15, 0.2) is 18.2 Å². The van der Waals surface area contributed by atoms with Gasteiger partial charge in [0.25, 0.3) is 0 Å². The van der Waals surface area contributed by atoms with E-state index in [0.717, 1.165) is 17.5 Å². The second-order valence-corrected chi connectivity index (χ2v) is 6.85. The van der Waals surface area contributed by atoms with Gasteiger partial charge in [0.05, 0.1) is 6.04 Å². The molecule has 0 aromatic heterocycles. The Morgan fingerprint density at radius 1 is 1.21 bits per heavy atom. The lowest BCUT2D eigenvalue weighted by molar-refractivity contribution is -0.127. The number of amides is 3. The van der Waals surface area contributed by atoms with Crippen molar-refractivity contribution in [3.63, 3.8) is 0 Å². The number of piperidine rings is 1. The van der Waals surface area contributed by atoms with Gasteiger partial charge in [0, 0.05) is 33.1 Å². The standard InChI is InChI=1S/C18H24FN3O2/c1-21(2)18(24)22-10-8-12(9-11-22)17(23)20-16-7-6-13-14(16)4-3-5-15(13)19/h3-5,12,16H,6-11H2,1-2H3,(H,20,23). The van der Waals surface area contributed by atoms with Crippen LogP contribution >= 0.6 is 0 Å². The predicted octanol–water partition coefficient (Wildman–Crippen LogP) is 2.32. The largest absolute Gasteiger partial charge is 0.349 e. The molecule has 1 atom stereocenters. The molecule has 5 nitrogen and oxygen atoms in total. The number of hydrogen-bond donors (Lipinski definition) is 1. The number of carbonyl (C=O) groups excluding carboxylic acids is 2. The van der Waals surface area contributed by atoms with Gasteiger partial charge in [0.15, 0.2) is 0 Å². The molecule has 3 amide bonds. The summed E-state index contributed by atoms with van der Waals surface area (Å²) < 4.78 is 13.8. The lowest BCUT2D eigenvalue weighted by Crippen LogP contribution is -2.46. The van der Waals surface area contributed by atoms with Crippen molar-refractivity contribution in [3.05, 3.63) is 35.1 Å². The molecule has 1 aliphatic carbocycles. The van der Waals surface area contributed by atoms with Crippen LogP contribution in [0.1, 0.15) is 36.4 Å². The molecular weight excluding hydrogens is 309 g/mol. The number of hydrogen-bond acceptors (Lipinski definition) is 2. The maximum Gasteiger partial charge on any atom is 0.319 e. The van der Waals surface area contributed by atoms with E-state index >= 15 is 0 Å². The summed E-state index contributed by atoms with van der Waals surface area (Å²) in [4.78, 5) is 27.8.